The van der Waals surface area contributed by atoms with Crippen LogP contribution in [0.1, 0.15) is 37.0 Å². The molecule has 0 aliphatic heterocycles. The zero-order valence-electron chi connectivity index (χ0n) is 16.2. The van der Waals surface area contributed by atoms with E-state index in [1.807, 2.05) is 12.9 Å². The first-order valence-electron chi connectivity index (χ1n) is 8.60. The SMILES string of the molecule is C=CCC(C)(C=C)c1cc(F)ccc1F.C=Cc1ccc(CC)cc1.C=O. The summed E-state index contributed by atoms with van der Waals surface area (Å²) in [6.07, 6.45) is 6.78. The molecule has 0 amide bonds. The van der Waals surface area contributed by atoms with Crippen LogP contribution in [0.15, 0.2) is 74.4 Å². The van der Waals surface area contributed by atoms with Crippen LogP contribution in [0.4, 0.5) is 8.78 Å². The summed E-state index contributed by atoms with van der Waals surface area (Å²) in [6.45, 7) is 16.9. The van der Waals surface area contributed by atoms with Crippen molar-refractivity contribution in [1.82, 2.24) is 0 Å². The Hall–Kier alpha value is -2.81. The van der Waals surface area contributed by atoms with Gasteiger partial charge in [0.05, 0.1) is 0 Å². The van der Waals surface area contributed by atoms with Crippen molar-refractivity contribution >= 4 is 12.9 Å². The molecule has 3 heteroatoms. The molecule has 0 saturated heterocycles. The van der Waals surface area contributed by atoms with E-state index in [2.05, 4.69) is 50.9 Å². The van der Waals surface area contributed by atoms with Gasteiger partial charge in [-0.15, -0.1) is 13.2 Å². The first-order valence-corrected chi connectivity index (χ1v) is 8.60. The third kappa shape index (κ3) is 7.53. The molecular weight excluding hydrogens is 342 g/mol. The van der Waals surface area contributed by atoms with Crippen LogP contribution in [0, 0.1) is 11.6 Å². The second-order valence-electron chi connectivity index (χ2n) is 6.04. The molecule has 144 valence electrons. The van der Waals surface area contributed by atoms with Crippen LogP contribution in [-0.2, 0) is 16.6 Å². The average Bonchev–Trinajstić information content (AvgIpc) is 2.72. The third-order valence-corrected chi connectivity index (χ3v) is 4.19. The summed E-state index contributed by atoms with van der Waals surface area (Å²) in [5, 5.41) is 0. The van der Waals surface area contributed by atoms with Gasteiger partial charge in [0.2, 0.25) is 0 Å². The van der Waals surface area contributed by atoms with Crippen LogP contribution in [0.3, 0.4) is 0 Å². The van der Waals surface area contributed by atoms with Crippen molar-refractivity contribution in [2.75, 3.05) is 0 Å². The highest BCUT2D eigenvalue weighted by Gasteiger charge is 2.25. The Bertz CT molecular complexity index is 735. The minimum Gasteiger partial charge on any atom is -0.307 e. The Morgan fingerprint density at radius 2 is 1.59 bits per heavy atom. The molecule has 0 aromatic heterocycles. The number of benzene rings is 2. The summed E-state index contributed by atoms with van der Waals surface area (Å²) in [7, 11) is 0. The molecule has 0 heterocycles. The molecule has 27 heavy (non-hydrogen) atoms. The summed E-state index contributed by atoms with van der Waals surface area (Å²) >= 11 is 0. The van der Waals surface area contributed by atoms with Crippen molar-refractivity contribution in [3.63, 3.8) is 0 Å². The fourth-order valence-electron chi connectivity index (χ4n) is 2.43. The molecule has 0 N–H and O–H groups in total. The highest BCUT2D eigenvalue weighted by molar-refractivity contribution is 5.47. The monoisotopic (exact) mass is 370 g/mol. The first kappa shape index (κ1) is 24.2. The second-order valence-corrected chi connectivity index (χ2v) is 6.04. The minimum absolute atomic E-state index is 0.317. The van der Waals surface area contributed by atoms with Crippen molar-refractivity contribution in [3.05, 3.63) is 103 Å². The summed E-state index contributed by atoms with van der Waals surface area (Å²) in [6, 6.07) is 11.9. The molecule has 0 aliphatic rings. The molecule has 0 spiro atoms. The number of carbonyl (C=O) groups excluding carboxylic acids is 1. The van der Waals surface area contributed by atoms with Crippen LogP contribution >= 0.6 is 0 Å². The lowest BCUT2D eigenvalue weighted by atomic mass is 9.79. The van der Waals surface area contributed by atoms with Crippen LogP contribution < -0.4 is 0 Å². The number of allylic oxidation sites excluding steroid dienone is 2. The summed E-state index contributed by atoms with van der Waals surface area (Å²) in [4.78, 5) is 8.00. The van der Waals surface area contributed by atoms with Gasteiger partial charge in [-0.25, -0.2) is 8.78 Å². The van der Waals surface area contributed by atoms with Gasteiger partial charge in [-0.3, -0.25) is 0 Å². The number of aryl methyl sites for hydroxylation is 1. The van der Waals surface area contributed by atoms with Gasteiger partial charge < -0.3 is 4.79 Å². The Morgan fingerprint density at radius 1 is 1.00 bits per heavy atom. The molecule has 2 rings (SSSR count). The van der Waals surface area contributed by atoms with Gasteiger partial charge in [0.1, 0.15) is 18.4 Å². The summed E-state index contributed by atoms with van der Waals surface area (Å²) in [5.41, 5.74) is 2.29. The van der Waals surface area contributed by atoms with Crippen LogP contribution in [-0.4, -0.2) is 6.79 Å². The predicted molar refractivity (Wildman–Crippen MR) is 112 cm³/mol. The van der Waals surface area contributed by atoms with E-state index in [-0.39, 0.29) is 0 Å². The summed E-state index contributed by atoms with van der Waals surface area (Å²) < 4.78 is 26.6. The molecular formula is C24H28F2O. The summed E-state index contributed by atoms with van der Waals surface area (Å²) in [5.74, 6) is -0.857. The van der Waals surface area contributed by atoms with Crippen molar-refractivity contribution in [2.45, 2.75) is 32.1 Å². The topological polar surface area (TPSA) is 17.1 Å². The number of carbonyl (C=O) groups is 1. The van der Waals surface area contributed by atoms with Gasteiger partial charge in [-0.2, -0.15) is 0 Å². The second kappa shape index (κ2) is 12.5. The van der Waals surface area contributed by atoms with E-state index in [9.17, 15) is 8.78 Å². The van der Waals surface area contributed by atoms with E-state index in [1.54, 1.807) is 19.1 Å². The first-order chi connectivity index (χ1) is 12.9. The molecule has 0 saturated carbocycles. The zero-order chi connectivity index (χ0) is 20.9. The Morgan fingerprint density at radius 3 is 2.04 bits per heavy atom. The highest BCUT2D eigenvalue weighted by atomic mass is 19.1. The molecule has 0 aliphatic carbocycles. The smallest absolute Gasteiger partial charge is 0.127 e. The maximum Gasteiger partial charge on any atom is 0.127 e. The normalized spacial score (nSPS) is 11.6. The number of hydrogen-bond acceptors (Lipinski definition) is 1. The molecule has 1 atom stereocenters. The van der Waals surface area contributed by atoms with Gasteiger partial charge in [0, 0.05) is 11.0 Å². The predicted octanol–water partition coefficient (Wildman–Crippen LogP) is 6.69. The standard InChI is InChI=1S/C13H14F2.C10H12.CH2O/c1-4-8-13(3,5-2)11-9-10(14)6-7-12(11)15;1-3-9-5-7-10(4-2)8-6-9;1-2/h4-7,9H,1-2,8H2,3H3;3,5-8H,1,4H2,2H3;1H2. The van der Waals surface area contributed by atoms with E-state index in [0.29, 0.717) is 12.0 Å². The highest BCUT2D eigenvalue weighted by Crippen LogP contribution is 2.31. The molecule has 1 nitrogen and oxygen atoms in total. The molecule has 1 unspecified atom stereocenters. The van der Waals surface area contributed by atoms with E-state index in [0.717, 1.165) is 18.6 Å². The van der Waals surface area contributed by atoms with Gasteiger partial charge in [0.15, 0.2) is 0 Å². The van der Waals surface area contributed by atoms with Gasteiger partial charge in [-0.1, -0.05) is 62.9 Å². The third-order valence-electron chi connectivity index (χ3n) is 4.19. The van der Waals surface area contributed by atoms with Crippen molar-refractivity contribution in [1.29, 1.82) is 0 Å². The van der Waals surface area contributed by atoms with Gasteiger partial charge >= 0.3 is 0 Å². The quantitative estimate of drug-likeness (QED) is 0.518. The Balaban J connectivity index is 0.000000488. The van der Waals surface area contributed by atoms with Gasteiger partial charge in [0.25, 0.3) is 0 Å². The number of rotatable bonds is 6. The lowest BCUT2D eigenvalue weighted by Crippen LogP contribution is -2.19. The lowest BCUT2D eigenvalue weighted by molar-refractivity contribution is -0.0979. The van der Waals surface area contributed by atoms with Crippen LogP contribution in [0.2, 0.25) is 0 Å². The van der Waals surface area contributed by atoms with E-state index in [1.165, 1.54) is 17.2 Å². The molecule has 2 aromatic carbocycles. The number of halogens is 2. The van der Waals surface area contributed by atoms with Crippen LogP contribution in [0.25, 0.3) is 6.08 Å². The van der Waals surface area contributed by atoms with Crippen molar-refractivity contribution in [2.24, 2.45) is 0 Å². The fourth-order valence-corrected chi connectivity index (χ4v) is 2.43. The molecule has 0 bridgehead atoms. The molecule has 0 radical (unpaired) electrons. The molecule has 2 aromatic rings. The Labute approximate surface area is 161 Å². The maximum absolute atomic E-state index is 13.5. The number of hydrogen-bond donors (Lipinski definition) is 0. The largest absolute Gasteiger partial charge is 0.307 e. The lowest BCUT2D eigenvalue weighted by Gasteiger charge is -2.25. The van der Waals surface area contributed by atoms with Crippen molar-refractivity contribution < 1.29 is 13.6 Å². The molecule has 0 fully saturated rings. The van der Waals surface area contributed by atoms with E-state index in [4.69, 9.17) is 4.79 Å². The minimum atomic E-state index is -0.603. The van der Waals surface area contributed by atoms with Crippen LogP contribution in [0.5, 0.6) is 0 Å². The van der Waals surface area contributed by atoms with E-state index >= 15 is 0 Å². The fraction of sp³-hybridized carbons (Fsp3) is 0.208. The Kier molecular flexibility index (Phi) is 11.2. The zero-order valence-corrected chi connectivity index (χ0v) is 16.2. The van der Waals surface area contributed by atoms with Crippen molar-refractivity contribution in [3.8, 4) is 0 Å². The van der Waals surface area contributed by atoms with E-state index < -0.39 is 17.0 Å². The average molecular weight is 370 g/mol. The van der Waals surface area contributed by atoms with Gasteiger partial charge in [-0.05, 0) is 42.2 Å². The maximum atomic E-state index is 13.5.